The second-order valence-corrected chi connectivity index (χ2v) is 5.06. The highest BCUT2D eigenvalue weighted by atomic mass is 16.7. The minimum absolute atomic E-state index is 0.0675. The molecule has 0 radical (unpaired) electrons. The minimum atomic E-state index is -0.518. The molecule has 0 N–H and O–H groups in total. The highest BCUT2D eigenvalue weighted by Crippen LogP contribution is 2.26. The molecular formula is C12H19NO4. The summed E-state index contributed by atoms with van der Waals surface area (Å²) in [6, 6.07) is 0. The summed E-state index contributed by atoms with van der Waals surface area (Å²) in [6.07, 6.45) is 2.12. The molecule has 17 heavy (non-hydrogen) atoms. The molecule has 5 heteroatoms. The summed E-state index contributed by atoms with van der Waals surface area (Å²) in [7, 11) is 0. The lowest BCUT2D eigenvalue weighted by Crippen LogP contribution is -2.32. The van der Waals surface area contributed by atoms with Gasteiger partial charge in [-0.25, -0.2) is 4.79 Å². The van der Waals surface area contributed by atoms with Crippen molar-refractivity contribution in [1.82, 2.24) is 5.06 Å². The van der Waals surface area contributed by atoms with Gasteiger partial charge in [0.1, 0.15) is 0 Å². The Hall–Kier alpha value is -1.39. The van der Waals surface area contributed by atoms with E-state index in [1.807, 2.05) is 0 Å². The molecule has 1 aliphatic rings. The van der Waals surface area contributed by atoms with Gasteiger partial charge in [-0.15, -0.1) is 5.06 Å². The molecule has 96 valence electrons. The lowest BCUT2D eigenvalue weighted by atomic mass is 9.85. The quantitative estimate of drug-likeness (QED) is 0.688. The van der Waals surface area contributed by atoms with Crippen LogP contribution in [0.1, 0.15) is 52.9 Å². The first-order chi connectivity index (χ1) is 7.85. The number of nitrogens with zero attached hydrogens (tertiary/aromatic N) is 1. The summed E-state index contributed by atoms with van der Waals surface area (Å²) in [4.78, 5) is 38.7. The number of imide groups is 1. The maximum Gasteiger partial charge on any atom is 0.333 e. The van der Waals surface area contributed by atoms with Gasteiger partial charge in [0.25, 0.3) is 11.8 Å². The molecule has 0 bridgehead atoms. The van der Waals surface area contributed by atoms with Crippen LogP contribution in [0.3, 0.4) is 0 Å². The SMILES string of the molecule is CCC(C)(C)CCC(=O)ON1C(=O)CCC1=O. The van der Waals surface area contributed by atoms with E-state index in [2.05, 4.69) is 20.8 Å². The van der Waals surface area contributed by atoms with E-state index in [9.17, 15) is 14.4 Å². The van der Waals surface area contributed by atoms with Gasteiger partial charge in [-0.2, -0.15) is 0 Å². The van der Waals surface area contributed by atoms with Gasteiger partial charge in [0, 0.05) is 19.3 Å². The predicted molar refractivity (Wildman–Crippen MR) is 60.5 cm³/mol. The van der Waals surface area contributed by atoms with Crippen molar-refractivity contribution < 1.29 is 19.2 Å². The fourth-order valence-corrected chi connectivity index (χ4v) is 1.42. The molecule has 1 saturated heterocycles. The van der Waals surface area contributed by atoms with E-state index in [-0.39, 0.29) is 24.7 Å². The van der Waals surface area contributed by atoms with Crippen LogP contribution in [-0.4, -0.2) is 22.8 Å². The van der Waals surface area contributed by atoms with Gasteiger partial charge in [-0.1, -0.05) is 27.2 Å². The third-order valence-corrected chi connectivity index (χ3v) is 3.16. The van der Waals surface area contributed by atoms with Gasteiger partial charge in [-0.05, 0) is 11.8 Å². The average molecular weight is 241 g/mol. The van der Waals surface area contributed by atoms with Gasteiger partial charge >= 0.3 is 5.97 Å². The highest BCUT2D eigenvalue weighted by molar-refractivity contribution is 6.01. The fraction of sp³-hybridized carbons (Fsp3) is 0.750. The van der Waals surface area contributed by atoms with E-state index in [0.717, 1.165) is 6.42 Å². The molecular weight excluding hydrogens is 222 g/mol. The number of rotatable bonds is 5. The summed E-state index contributed by atoms with van der Waals surface area (Å²) in [5.74, 6) is -1.38. The van der Waals surface area contributed by atoms with Crippen molar-refractivity contribution in [2.24, 2.45) is 5.41 Å². The summed E-state index contributed by atoms with van der Waals surface area (Å²) >= 11 is 0. The van der Waals surface area contributed by atoms with E-state index in [4.69, 9.17) is 4.84 Å². The molecule has 5 nitrogen and oxygen atoms in total. The second kappa shape index (κ2) is 5.29. The Balaban J connectivity index is 2.40. The maximum absolute atomic E-state index is 11.5. The third-order valence-electron chi connectivity index (χ3n) is 3.16. The zero-order valence-corrected chi connectivity index (χ0v) is 10.6. The standard InChI is InChI=1S/C12H19NO4/c1-4-12(2,3)8-7-11(16)17-13-9(14)5-6-10(13)15/h4-8H2,1-3H3. The molecule has 0 aromatic rings. The molecule has 0 unspecified atom stereocenters. The molecule has 0 atom stereocenters. The van der Waals surface area contributed by atoms with E-state index in [0.29, 0.717) is 11.5 Å². The van der Waals surface area contributed by atoms with Gasteiger partial charge in [-0.3, -0.25) is 9.59 Å². The normalized spacial score (nSPS) is 16.5. The van der Waals surface area contributed by atoms with Crippen LogP contribution in [0, 0.1) is 5.41 Å². The van der Waals surface area contributed by atoms with Crippen LogP contribution in [0.2, 0.25) is 0 Å². The molecule has 1 aliphatic heterocycles. The average Bonchev–Trinajstić information content (AvgIpc) is 2.58. The summed E-state index contributed by atoms with van der Waals surface area (Å²) in [5.41, 5.74) is 0.0675. The Bertz CT molecular complexity index is 319. The number of hydroxylamine groups is 2. The minimum Gasteiger partial charge on any atom is -0.330 e. The molecule has 2 amide bonds. The highest BCUT2D eigenvalue weighted by Gasteiger charge is 2.33. The van der Waals surface area contributed by atoms with Crippen molar-refractivity contribution in [2.45, 2.75) is 52.9 Å². The first-order valence-corrected chi connectivity index (χ1v) is 5.92. The largest absolute Gasteiger partial charge is 0.333 e. The van der Waals surface area contributed by atoms with E-state index in [1.165, 1.54) is 0 Å². The second-order valence-electron chi connectivity index (χ2n) is 5.06. The van der Waals surface area contributed by atoms with Crippen LogP contribution in [0.15, 0.2) is 0 Å². The number of carbonyl (C=O) groups is 3. The Morgan fingerprint density at radius 3 is 2.29 bits per heavy atom. The van der Waals surface area contributed by atoms with Crippen LogP contribution >= 0.6 is 0 Å². The smallest absolute Gasteiger partial charge is 0.330 e. The maximum atomic E-state index is 11.5. The number of carbonyl (C=O) groups excluding carboxylic acids is 3. The van der Waals surface area contributed by atoms with Crippen molar-refractivity contribution in [2.75, 3.05) is 0 Å². The monoisotopic (exact) mass is 241 g/mol. The van der Waals surface area contributed by atoms with Crippen LogP contribution in [0.5, 0.6) is 0 Å². The van der Waals surface area contributed by atoms with Gasteiger partial charge in [0.15, 0.2) is 0 Å². The van der Waals surface area contributed by atoms with E-state index < -0.39 is 17.8 Å². The Kier molecular flexibility index (Phi) is 4.26. The van der Waals surface area contributed by atoms with Crippen molar-refractivity contribution in [3.05, 3.63) is 0 Å². The Labute approximate surface area is 101 Å². The van der Waals surface area contributed by atoms with Crippen LogP contribution in [0.25, 0.3) is 0 Å². The van der Waals surface area contributed by atoms with Gasteiger partial charge in [0.2, 0.25) is 0 Å². The van der Waals surface area contributed by atoms with Crippen LogP contribution < -0.4 is 0 Å². The fourth-order valence-electron chi connectivity index (χ4n) is 1.42. The summed E-state index contributed by atoms with van der Waals surface area (Å²) in [6.45, 7) is 6.18. The van der Waals surface area contributed by atoms with E-state index in [1.54, 1.807) is 0 Å². The lowest BCUT2D eigenvalue weighted by Gasteiger charge is -2.22. The topological polar surface area (TPSA) is 63.7 Å². The van der Waals surface area contributed by atoms with E-state index >= 15 is 0 Å². The zero-order valence-electron chi connectivity index (χ0n) is 10.6. The molecule has 1 rings (SSSR count). The number of hydrogen-bond acceptors (Lipinski definition) is 4. The number of hydrogen-bond donors (Lipinski definition) is 0. The van der Waals surface area contributed by atoms with Crippen molar-refractivity contribution >= 4 is 17.8 Å². The van der Waals surface area contributed by atoms with Crippen molar-refractivity contribution in [3.8, 4) is 0 Å². The summed E-state index contributed by atoms with van der Waals surface area (Å²) < 4.78 is 0. The first kappa shape index (κ1) is 13.7. The molecule has 0 saturated carbocycles. The van der Waals surface area contributed by atoms with Crippen molar-refractivity contribution in [3.63, 3.8) is 0 Å². The summed E-state index contributed by atoms with van der Waals surface area (Å²) in [5, 5.41) is 0.598. The molecule has 1 fully saturated rings. The molecule has 0 aromatic heterocycles. The number of amides is 2. The Morgan fingerprint density at radius 2 is 1.82 bits per heavy atom. The van der Waals surface area contributed by atoms with Gasteiger partial charge < -0.3 is 4.84 Å². The van der Waals surface area contributed by atoms with Crippen molar-refractivity contribution in [1.29, 1.82) is 0 Å². The molecule has 0 aromatic carbocycles. The zero-order chi connectivity index (χ0) is 13.1. The predicted octanol–water partition coefficient (Wildman–Crippen LogP) is 1.81. The third kappa shape index (κ3) is 3.84. The van der Waals surface area contributed by atoms with Gasteiger partial charge in [0.05, 0.1) is 0 Å². The molecule has 1 heterocycles. The van der Waals surface area contributed by atoms with Crippen LogP contribution in [0.4, 0.5) is 0 Å². The van der Waals surface area contributed by atoms with Crippen LogP contribution in [-0.2, 0) is 19.2 Å². The first-order valence-electron chi connectivity index (χ1n) is 5.92. The molecule has 0 aliphatic carbocycles. The molecule has 0 spiro atoms. The lowest BCUT2D eigenvalue weighted by molar-refractivity contribution is -0.197. The Morgan fingerprint density at radius 1 is 1.29 bits per heavy atom.